The van der Waals surface area contributed by atoms with E-state index < -0.39 is 0 Å². The molecule has 0 spiro atoms. The number of rotatable bonds is 0. The van der Waals surface area contributed by atoms with Crippen molar-refractivity contribution >= 4 is 17.0 Å². The molecular weight excluding hydrogens is 329 g/mol. The molecule has 0 saturated carbocycles. The van der Waals surface area contributed by atoms with Gasteiger partial charge in [0, 0.05) is 29.9 Å². The van der Waals surface area contributed by atoms with Gasteiger partial charge in [-0.05, 0) is 51.3 Å². The summed E-state index contributed by atoms with van der Waals surface area (Å²) in [5, 5.41) is 3.88. The Morgan fingerprint density at radius 1 is 0.958 bits per heavy atom. The molecule has 4 aromatic rings. The Hall–Kier alpha value is -1.32. The Morgan fingerprint density at radius 2 is 1.67 bits per heavy atom. The Labute approximate surface area is 182 Å². The van der Waals surface area contributed by atoms with E-state index >= 15 is 0 Å². The third-order valence-corrected chi connectivity index (χ3v) is 3.38. The number of aromatic nitrogens is 6. The van der Waals surface area contributed by atoms with Crippen molar-refractivity contribution in [1.29, 1.82) is 0 Å². The standard InChI is InChI=1S/C9H11N3.C7H7N4.K/c1-6-3-8(10)5-12-4-7(2)11-9(6)12;1-5-3-11-7(6(2)10-5)8-4-9-11;/h3-5H,10H2,1-2H3;3H,1-2H3;/q;-1;+1. The molecule has 0 radical (unpaired) electrons. The molecule has 0 aliphatic rings. The second-order valence-electron chi connectivity index (χ2n) is 5.52. The average molecular weight is 347 g/mol. The third-order valence-electron chi connectivity index (χ3n) is 3.38. The van der Waals surface area contributed by atoms with E-state index in [9.17, 15) is 0 Å². The van der Waals surface area contributed by atoms with Gasteiger partial charge in [-0.1, -0.05) is 0 Å². The Bertz CT molecular complexity index is 987. The predicted molar refractivity (Wildman–Crippen MR) is 88.2 cm³/mol. The largest absolute Gasteiger partial charge is 1.00 e. The van der Waals surface area contributed by atoms with Crippen LogP contribution in [0.4, 0.5) is 5.69 Å². The molecule has 0 aliphatic heterocycles. The van der Waals surface area contributed by atoms with E-state index in [1.807, 2.05) is 56.8 Å². The topological polar surface area (TPSA) is 86.4 Å². The molecule has 4 rings (SSSR count). The molecule has 0 aliphatic carbocycles. The van der Waals surface area contributed by atoms with Crippen molar-refractivity contribution in [2.45, 2.75) is 27.7 Å². The number of pyridine rings is 1. The molecule has 0 amide bonds. The monoisotopic (exact) mass is 347 g/mol. The zero-order valence-electron chi connectivity index (χ0n) is 14.6. The van der Waals surface area contributed by atoms with Crippen molar-refractivity contribution in [3.63, 3.8) is 0 Å². The predicted octanol–water partition coefficient (Wildman–Crippen LogP) is -0.921. The minimum Gasteiger partial charge on any atom is -0.412 e. The normalized spacial score (nSPS) is 10.3. The van der Waals surface area contributed by atoms with Crippen molar-refractivity contribution in [1.82, 2.24) is 29.0 Å². The smallest absolute Gasteiger partial charge is 0.412 e. The van der Waals surface area contributed by atoms with Crippen LogP contribution < -0.4 is 57.1 Å². The molecule has 8 heteroatoms. The molecule has 0 saturated heterocycles. The van der Waals surface area contributed by atoms with Crippen molar-refractivity contribution in [2.75, 3.05) is 5.73 Å². The van der Waals surface area contributed by atoms with Crippen LogP contribution in [0.15, 0.2) is 24.7 Å². The van der Waals surface area contributed by atoms with Gasteiger partial charge < -0.3 is 19.6 Å². The molecule has 7 nitrogen and oxygen atoms in total. The van der Waals surface area contributed by atoms with Crippen LogP contribution in [-0.2, 0) is 0 Å². The summed E-state index contributed by atoms with van der Waals surface area (Å²) in [6.45, 7) is 7.82. The fraction of sp³-hybridized carbons (Fsp3) is 0.250. The summed E-state index contributed by atoms with van der Waals surface area (Å²) in [4.78, 5) is 12.5. The number of hydrogen-bond donors (Lipinski definition) is 1. The van der Waals surface area contributed by atoms with Gasteiger partial charge in [0.15, 0.2) is 0 Å². The summed E-state index contributed by atoms with van der Waals surface area (Å²) in [6.07, 6.45) is 8.20. The molecule has 24 heavy (non-hydrogen) atoms. The Morgan fingerprint density at radius 3 is 2.42 bits per heavy atom. The summed E-state index contributed by atoms with van der Waals surface area (Å²) in [7, 11) is 0. The van der Waals surface area contributed by atoms with Crippen molar-refractivity contribution < 1.29 is 51.4 Å². The van der Waals surface area contributed by atoms with Gasteiger partial charge >= 0.3 is 51.4 Å². The van der Waals surface area contributed by atoms with E-state index in [1.165, 1.54) is 0 Å². The van der Waals surface area contributed by atoms with Crippen LogP contribution in [0.1, 0.15) is 22.6 Å². The maximum Gasteiger partial charge on any atom is 1.00 e. The molecule has 0 fully saturated rings. The molecule has 118 valence electrons. The van der Waals surface area contributed by atoms with E-state index in [4.69, 9.17) is 5.73 Å². The molecule has 4 aromatic heterocycles. The zero-order valence-corrected chi connectivity index (χ0v) is 17.7. The van der Waals surface area contributed by atoms with Gasteiger partial charge in [-0.2, -0.15) is 0 Å². The Kier molecular flexibility index (Phi) is 6.10. The number of nitrogens with zero attached hydrogens (tertiary/aromatic N) is 6. The molecule has 4 heterocycles. The van der Waals surface area contributed by atoms with Gasteiger partial charge in [-0.15, -0.1) is 0 Å². The number of nitrogen functional groups attached to an aromatic ring is 1. The van der Waals surface area contributed by atoms with Gasteiger partial charge in [-0.3, -0.25) is 10.1 Å². The van der Waals surface area contributed by atoms with Crippen molar-refractivity contribution in [3.8, 4) is 0 Å². The van der Waals surface area contributed by atoms with Crippen LogP contribution in [0.2, 0.25) is 0 Å². The fourth-order valence-corrected chi connectivity index (χ4v) is 2.49. The van der Waals surface area contributed by atoms with Gasteiger partial charge in [0.1, 0.15) is 5.65 Å². The van der Waals surface area contributed by atoms with Gasteiger partial charge in [0.25, 0.3) is 0 Å². The summed E-state index contributed by atoms with van der Waals surface area (Å²) < 4.78 is 3.64. The number of imidazole rings is 1. The number of nitrogens with two attached hydrogens (primary N) is 1. The maximum atomic E-state index is 5.69. The summed E-state index contributed by atoms with van der Waals surface area (Å²) >= 11 is 0. The number of aryl methyl sites for hydroxylation is 4. The zero-order chi connectivity index (χ0) is 16.6. The summed E-state index contributed by atoms with van der Waals surface area (Å²) in [5.41, 5.74) is 12.2. The molecular formula is C16H18KN7. The van der Waals surface area contributed by atoms with E-state index in [0.29, 0.717) is 0 Å². The minimum atomic E-state index is 0. The average Bonchev–Trinajstić information content (AvgIpc) is 3.05. The second kappa shape index (κ2) is 7.71. The van der Waals surface area contributed by atoms with Crippen LogP contribution in [0.3, 0.4) is 0 Å². The van der Waals surface area contributed by atoms with Gasteiger partial charge in [0.2, 0.25) is 0 Å². The summed E-state index contributed by atoms with van der Waals surface area (Å²) in [6, 6.07) is 1.93. The van der Waals surface area contributed by atoms with E-state index in [-0.39, 0.29) is 51.4 Å². The molecule has 0 bridgehead atoms. The first-order valence-corrected chi connectivity index (χ1v) is 7.22. The molecule has 0 aromatic carbocycles. The number of anilines is 1. The first-order chi connectivity index (χ1) is 10.9. The van der Waals surface area contributed by atoms with Gasteiger partial charge in [0.05, 0.1) is 11.4 Å². The summed E-state index contributed by atoms with van der Waals surface area (Å²) in [5.74, 6) is 0. The van der Waals surface area contributed by atoms with Crippen molar-refractivity contribution in [3.05, 3.63) is 53.6 Å². The van der Waals surface area contributed by atoms with Crippen LogP contribution in [0.5, 0.6) is 0 Å². The quantitative estimate of drug-likeness (QED) is 0.328. The van der Waals surface area contributed by atoms with Crippen LogP contribution >= 0.6 is 0 Å². The van der Waals surface area contributed by atoms with E-state index in [1.54, 1.807) is 4.52 Å². The van der Waals surface area contributed by atoms with Crippen LogP contribution in [0.25, 0.3) is 11.3 Å². The van der Waals surface area contributed by atoms with E-state index in [0.717, 1.165) is 39.6 Å². The van der Waals surface area contributed by atoms with Crippen molar-refractivity contribution in [2.24, 2.45) is 0 Å². The number of hydrogen-bond acceptors (Lipinski definition) is 5. The van der Waals surface area contributed by atoms with Crippen LogP contribution in [-0.4, -0.2) is 29.0 Å². The SMILES string of the molecule is Cc1cn2cc(N)cc(C)c2n1.Cc1cn2n[c-]nc2c(C)n1.[K+]. The molecule has 0 atom stereocenters. The Balaban J connectivity index is 0.000000167. The minimum absolute atomic E-state index is 0. The van der Waals surface area contributed by atoms with Crippen LogP contribution in [0, 0.1) is 34.0 Å². The van der Waals surface area contributed by atoms with E-state index in [2.05, 4.69) is 26.4 Å². The fourth-order valence-electron chi connectivity index (χ4n) is 2.49. The third kappa shape index (κ3) is 4.01. The first-order valence-electron chi connectivity index (χ1n) is 7.22. The molecule has 2 N–H and O–H groups in total. The molecule has 0 unspecified atom stereocenters. The second-order valence-corrected chi connectivity index (χ2v) is 5.52. The maximum absolute atomic E-state index is 5.69. The number of fused-ring (bicyclic) bond motifs is 2. The first kappa shape index (κ1) is 19.0. The van der Waals surface area contributed by atoms with Gasteiger partial charge in [-0.25, -0.2) is 4.98 Å².